The van der Waals surface area contributed by atoms with E-state index in [1.165, 1.54) is 0 Å². The van der Waals surface area contributed by atoms with Gasteiger partial charge in [-0.05, 0) is 30.3 Å². The fourth-order valence-electron chi connectivity index (χ4n) is 3.02. The maximum atomic E-state index is 12.4. The van der Waals surface area contributed by atoms with Crippen LogP contribution in [0.4, 0.5) is 0 Å². The fraction of sp³-hybridized carbons (Fsp3) is 0.217. The summed E-state index contributed by atoms with van der Waals surface area (Å²) in [4.78, 5) is 14.0. The van der Waals surface area contributed by atoms with Gasteiger partial charge in [0.1, 0.15) is 12.4 Å². The van der Waals surface area contributed by atoms with Crippen molar-refractivity contribution in [3.05, 3.63) is 71.4 Å². The molecule has 0 aliphatic rings. The number of aryl methyl sites for hydroxylation is 1. The molecule has 2 aromatic carbocycles. The van der Waals surface area contributed by atoms with Crippen LogP contribution in [0.1, 0.15) is 12.0 Å². The summed E-state index contributed by atoms with van der Waals surface area (Å²) in [6.07, 6.45) is 5.81. The topological polar surface area (TPSA) is 58.3 Å². The lowest BCUT2D eigenvalue weighted by atomic mass is 10.1. The Kier molecular flexibility index (Phi) is 6.94. The molecule has 0 atom stereocenters. The van der Waals surface area contributed by atoms with Crippen LogP contribution in [0.25, 0.3) is 17.0 Å². The average molecular weight is 408 g/mol. The molecule has 0 N–H and O–H groups in total. The lowest BCUT2D eigenvalue weighted by Gasteiger charge is -2.15. The largest absolute Gasteiger partial charge is 0.492 e. The van der Waals surface area contributed by atoms with E-state index in [2.05, 4.69) is 6.07 Å². The molecule has 1 heterocycles. The van der Waals surface area contributed by atoms with E-state index in [9.17, 15) is 4.79 Å². The molecule has 0 saturated heterocycles. The third kappa shape index (κ3) is 5.40. The van der Waals surface area contributed by atoms with Crippen molar-refractivity contribution < 1.29 is 9.53 Å². The third-order valence-electron chi connectivity index (χ3n) is 4.56. The van der Waals surface area contributed by atoms with E-state index < -0.39 is 0 Å². The van der Waals surface area contributed by atoms with Crippen LogP contribution in [0.3, 0.4) is 0 Å². The van der Waals surface area contributed by atoms with Crippen LogP contribution in [0, 0.1) is 11.3 Å². The predicted octanol–water partition coefficient (Wildman–Crippen LogP) is 4.76. The number of halogens is 1. The Morgan fingerprint density at radius 2 is 2.10 bits per heavy atom. The molecule has 0 spiro atoms. The standard InChI is InChI=1S/C23H22ClN3O2/c1-26(14-15-29-20-7-4-6-19(24)16-20)23(28)11-10-18-17-27(13-5-12-25)22-9-3-2-8-21(18)22/h2-4,6-11,16-17H,5,13-15H2,1H3/b11-10+. The first kappa shape index (κ1) is 20.5. The zero-order chi connectivity index (χ0) is 20.6. The minimum absolute atomic E-state index is 0.103. The normalized spacial score (nSPS) is 10.9. The van der Waals surface area contributed by atoms with Crippen LogP contribution in [-0.2, 0) is 11.3 Å². The Bertz CT molecular complexity index is 1070. The molecule has 29 heavy (non-hydrogen) atoms. The molecule has 0 aliphatic carbocycles. The summed E-state index contributed by atoms with van der Waals surface area (Å²) in [6.45, 7) is 1.46. The molecular weight excluding hydrogens is 386 g/mol. The quantitative estimate of drug-likeness (QED) is 0.506. The summed E-state index contributed by atoms with van der Waals surface area (Å²) in [6, 6.07) is 17.3. The molecule has 0 radical (unpaired) electrons. The maximum absolute atomic E-state index is 12.4. The van der Waals surface area contributed by atoms with Gasteiger partial charge in [0.25, 0.3) is 0 Å². The number of nitriles is 1. The number of aromatic nitrogens is 1. The van der Waals surface area contributed by atoms with E-state index in [0.717, 1.165) is 16.5 Å². The number of amides is 1. The van der Waals surface area contributed by atoms with Gasteiger partial charge in [-0.1, -0.05) is 35.9 Å². The number of carbonyl (C=O) groups is 1. The highest BCUT2D eigenvalue weighted by Crippen LogP contribution is 2.23. The SMILES string of the molecule is CN(CCOc1cccc(Cl)c1)C(=O)/C=C/c1cn(CCC#N)c2ccccc12. The first-order valence-electron chi connectivity index (χ1n) is 9.35. The number of likely N-dealkylation sites (N-methyl/N-ethyl adjacent to an activating group) is 1. The number of rotatable bonds is 8. The van der Waals surface area contributed by atoms with Crippen LogP contribution >= 0.6 is 11.6 Å². The lowest BCUT2D eigenvalue weighted by molar-refractivity contribution is -0.125. The molecule has 148 valence electrons. The minimum atomic E-state index is -0.103. The monoisotopic (exact) mass is 407 g/mol. The Morgan fingerprint density at radius 3 is 2.90 bits per heavy atom. The van der Waals surface area contributed by atoms with E-state index in [4.69, 9.17) is 21.6 Å². The van der Waals surface area contributed by atoms with Crippen molar-refractivity contribution in [2.75, 3.05) is 20.2 Å². The number of carbonyl (C=O) groups excluding carboxylic acids is 1. The number of benzene rings is 2. The highest BCUT2D eigenvalue weighted by molar-refractivity contribution is 6.30. The molecule has 3 aromatic rings. The molecule has 0 unspecified atom stereocenters. The molecule has 1 amide bonds. The lowest BCUT2D eigenvalue weighted by Crippen LogP contribution is -2.29. The number of hydrogen-bond acceptors (Lipinski definition) is 3. The van der Waals surface area contributed by atoms with Crippen molar-refractivity contribution in [2.24, 2.45) is 0 Å². The summed E-state index contributed by atoms with van der Waals surface area (Å²) in [5.74, 6) is 0.576. The average Bonchev–Trinajstić information content (AvgIpc) is 3.08. The van der Waals surface area contributed by atoms with Crippen LogP contribution in [0.2, 0.25) is 5.02 Å². The second kappa shape index (κ2) is 9.81. The summed E-state index contributed by atoms with van der Waals surface area (Å²) >= 11 is 5.94. The van der Waals surface area contributed by atoms with E-state index in [1.807, 2.05) is 53.2 Å². The van der Waals surface area contributed by atoms with Gasteiger partial charge in [0, 0.05) is 47.4 Å². The molecule has 6 heteroatoms. The first-order chi connectivity index (χ1) is 14.1. The molecule has 0 fully saturated rings. The number of fused-ring (bicyclic) bond motifs is 1. The predicted molar refractivity (Wildman–Crippen MR) is 116 cm³/mol. The van der Waals surface area contributed by atoms with Gasteiger partial charge in [-0.25, -0.2) is 0 Å². The number of hydrogen-bond donors (Lipinski definition) is 0. The minimum Gasteiger partial charge on any atom is -0.492 e. The molecular formula is C23H22ClN3O2. The van der Waals surface area contributed by atoms with E-state index in [-0.39, 0.29) is 5.91 Å². The molecule has 1 aromatic heterocycles. The first-order valence-corrected chi connectivity index (χ1v) is 9.72. The summed E-state index contributed by atoms with van der Waals surface area (Å²) in [5.41, 5.74) is 2.01. The van der Waals surface area contributed by atoms with Gasteiger partial charge >= 0.3 is 0 Å². The molecule has 0 aliphatic heterocycles. The Hall–Kier alpha value is -3.23. The van der Waals surface area contributed by atoms with Crippen LogP contribution in [-0.4, -0.2) is 35.6 Å². The van der Waals surface area contributed by atoms with Crippen molar-refractivity contribution in [3.63, 3.8) is 0 Å². The maximum Gasteiger partial charge on any atom is 0.246 e. The van der Waals surface area contributed by atoms with Gasteiger partial charge in [-0.15, -0.1) is 0 Å². The van der Waals surface area contributed by atoms with E-state index in [0.29, 0.717) is 36.9 Å². The van der Waals surface area contributed by atoms with E-state index in [1.54, 1.807) is 30.2 Å². The Labute approximate surface area is 175 Å². The smallest absolute Gasteiger partial charge is 0.246 e. The summed E-state index contributed by atoms with van der Waals surface area (Å²) in [7, 11) is 1.74. The zero-order valence-electron chi connectivity index (χ0n) is 16.2. The Balaban J connectivity index is 1.61. The molecule has 3 rings (SSSR count). The number of para-hydroxylation sites is 1. The number of ether oxygens (including phenoxy) is 1. The van der Waals surface area contributed by atoms with Crippen LogP contribution in [0.15, 0.2) is 60.8 Å². The highest BCUT2D eigenvalue weighted by Gasteiger charge is 2.08. The van der Waals surface area contributed by atoms with Gasteiger partial charge in [0.05, 0.1) is 19.0 Å². The molecule has 0 saturated carbocycles. The van der Waals surface area contributed by atoms with Crippen molar-refractivity contribution in [1.82, 2.24) is 9.47 Å². The van der Waals surface area contributed by atoms with Gasteiger partial charge in [0.15, 0.2) is 0 Å². The summed E-state index contributed by atoms with van der Waals surface area (Å²) < 4.78 is 7.68. The van der Waals surface area contributed by atoms with Crippen molar-refractivity contribution in [3.8, 4) is 11.8 Å². The van der Waals surface area contributed by atoms with Crippen molar-refractivity contribution >= 4 is 34.5 Å². The van der Waals surface area contributed by atoms with Crippen LogP contribution in [0.5, 0.6) is 5.75 Å². The van der Waals surface area contributed by atoms with E-state index >= 15 is 0 Å². The third-order valence-corrected chi connectivity index (χ3v) is 4.79. The Morgan fingerprint density at radius 1 is 1.28 bits per heavy atom. The molecule has 0 bridgehead atoms. The van der Waals surface area contributed by atoms with Gasteiger partial charge in [-0.2, -0.15) is 5.26 Å². The van der Waals surface area contributed by atoms with Crippen molar-refractivity contribution in [2.45, 2.75) is 13.0 Å². The highest BCUT2D eigenvalue weighted by atomic mass is 35.5. The summed E-state index contributed by atoms with van der Waals surface area (Å²) in [5, 5.41) is 10.5. The van der Waals surface area contributed by atoms with Gasteiger partial charge < -0.3 is 14.2 Å². The second-order valence-corrected chi connectivity index (χ2v) is 7.04. The zero-order valence-corrected chi connectivity index (χ0v) is 17.0. The second-order valence-electron chi connectivity index (χ2n) is 6.60. The van der Waals surface area contributed by atoms with Crippen molar-refractivity contribution in [1.29, 1.82) is 5.26 Å². The molecule has 5 nitrogen and oxygen atoms in total. The van der Waals surface area contributed by atoms with Gasteiger partial charge in [0.2, 0.25) is 5.91 Å². The van der Waals surface area contributed by atoms with Gasteiger partial charge in [-0.3, -0.25) is 4.79 Å². The number of nitrogens with zero attached hydrogens (tertiary/aromatic N) is 3. The van der Waals surface area contributed by atoms with Crippen LogP contribution < -0.4 is 4.74 Å². The fourth-order valence-corrected chi connectivity index (χ4v) is 3.20.